The lowest BCUT2D eigenvalue weighted by molar-refractivity contribution is -0.135. The highest BCUT2D eigenvalue weighted by Crippen LogP contribution is 2.28. The molecule has 0 spiro atoms. The van der Waals surface area contributed by atoms with Gasteiger partial charge in [0, 0.05) is 17.1 Å². The zero-order chi connectivity index (χ0) is 28.4. The smallest absolute Gasteiger partial charge is 0.269 e. The van der Waals surface area contributed by atoms with Crippen LogP contribution in [0.4, 0.5) is 11.5 Å². The second-order valence-corrected chi connectivity index (χ2v) is 11.2. The molecule has 4 aromatic rings. The summed E-state index contributed by atoms with van der Waals surface area (Å²) in [5.41, 5.74) is 6.01. The van der Waals surface area contributed by atoms with Gasteiger partial charge in [-0.1, -0.05) is 35.9 Å². The first kappa shape index (κ1) is 27.1. The van der Waals surface area contributed by atoms with Crippen molar-refractivity contribution >= 4 is 61.8 Å². The molecule has 2 heterocycles. The van der Waals surface area contributed by atoms with Gasteiger partial charge in [-0.15, -0.1) is 0 Å². The van der Waals surface area contributed by atoms with Crippen LogP contribution in [0.3, 0.4) is 0 Å². The second kappa shape index (κ2) is 10.9. The number of primary amides is 1. The van der Waals surface area contributed by atoms with Crippen molar-refractivity contribution in [2.24, 2.45) is 5.73 Å². The van der Waals surface area contributed by atoms with Gasteiger partial charge >= 0.3 is 0 Å². The van der Waals surface area contributed by atoms with Crippen molar-refractivity contribution in [3.8, 4) is 0 Å². The Balaban J connectivity index is 1.36. The molecule has 1 saturated carbocycles. The number of pyridine rings is 1. The van der Waals surface area contributed by atoms with Crippen LogP contribution in [0.2, 0.25) is 5.15 Å². The summed E-state index contributed by atoms with van der Waals surface area (Å²) in [6, 6.07) is 17.0. The Kier molecular flexibility index (Phi) is 7.41. The number of hydrogen-bond acceptors (Lipinski definition) is 7. The van der Waals surface area contributed by atoms with E-state index in [9.17, 15) is 22.8 Å². The summed E-state index contributed by atoms with van der Waals surface area (Å²) in [5, 5.41) is 7.36. The van der Waals surface area contributed by atoms with E-state index in [0.717, 1.165) is 12.8 Å². The third kappa shape index (κ3) is 6.05. The predicted molar refractivity (Wildman–Crippen MR) is 148 cm³/mol. The molecule has 12 nitrogen and oxygen atoms in total. The number of rotatable bonds is 10. The van der Waals surface area contributed by atoms with E-state index in [0.29, 0.717) is 5.52 Å². The first-order valence-corrected chi connectivity index (χ1v) is 14.1. The number of benzene rings is 2. The molecule has 5 rings (SSSR count). The molecule has 2 aromatic carbocycles. The minimum Gasteiger partial charge on any atom is -0.364 e. The average molecular weight is 582 g/mol. The Morgan fingerprint density at radius 3 is 2.48 bits per heavy atom. The van der Waals surface area contributed by atoms with Crippen molar-refractivity contribution in [1.82, 2.24) is 19.7 Å². The quantitative estimate of drug-likeness (QED) is 0.242. The number of carbonyl (C=O) groups is 3. The van der Waals surface area contributed by atoms with Crippen LogP contribution in [0.25, 0.3) is 10.9 Å². The maximum Gasteiger partial charge on any atom is 0.269 e. The van der Waals surface area contributed by atoms with E-state index in [2.05, 4.69) is 20.1 Å². The van der Waals surface area contributed by atoms with Crippen molar-refractivity contribution in [3.05, 3.63) is 77.6 Å². The van der Waals surface area contributed by atoms with Crippen LogP contribution >= 0.6 is 11.6 Å². The molecule has 206 valence electrons. The minimum absolute atomic E-state index is 0.0712. The monoisotopic (exact) mass is 581 g/mol. The Morgan fingerprint density at radius 2 is 1.80 bits per heavy atom. The fourth-order valence-corrected chi connectivity index (χ4v) is 5.43. The molecule has 40 heavy (non-hydrogen) atoms. The molecule has 1 fully saturated rings. The van der Waals surface area contributed by atoms with Gasteiger partial charge in [-0.3, -0.25) is 23.8 Å². The van der Waals surface area contributed by atoms with Crippen LogP contribution in [-0.4, -0.2) is 58.4 Å². The number of nitrogens with one attached hydrogen (secondary N) is 2. The zero-order valence-corrected chi connectivity index (χ0v) is 22.5. The summed E-state index contributed by atoms with van der Waals surface area (Å²) in [5.74, 6) is -1.39. The summed E-state index contributed by atoms with van der Waals surface area (Å²) < 4.78 is 29.3. The molecule has 14 heteroatoms. The molecular formula is C26H24ClN7O5S. The average Bonchev–Trinajstić information content (AvgIpc) is 3.69. The van der Waals surface area contributed by atoms with Gasteiger partial charge in [-0.05, 0) is 55.3 Å². The van der Waals surface area contributed by atoms with Crippen LogP contribution in [0, 0.1) is 0 Å². The molecule has 0 unspecified atom stereocenters. The molecule has 0 atom stereocenters. The van der Waals surface area contributed by atoms with Gasteiger partial charge in [-0.25, -0.2) is 13.4 Å². The highest BCUT2D eigenvalue weighted by atomic mass is 35.5. The highest BCUT2D eigenvalue weighted by molar-refractivity contribution is 7.92. The summed E-state index contributed by atoms with van der Waals surface area (Å²) in [4.78, 5) is 43.7. The van der Waals surface area contributed by atoms with Gasteiger partial charge in [0.25, 0.3) is 15.9 Å². The first-order chi connectivity index (χ1) is 19.1. The molecule has 2 aromatic heterocycles. The van der Waals surface area contributed by atoms with Gasteiger partial charge in [0.1, 0.15) is 24.1 Å². The van der Waals surface area contributed by atoms with Crippen LogP contribution in [0.5, 0.6) is 0 Å². The van der Waals surface area contributed by atoms with Crippen LogP contribution in [-0.2, 0) is 26.2 Å². The van der Waals surface area contributed by atoms with Gasteiger partial charge in [0.2, 0.25) is 11.8 Å². The van der Waals surface area contributed by atoms with Crippen LogP contribution < -0.4 is 15.8 Å². The SMILES string of the molecule is NC(=O)c1nn(CC(=O)N(CC(=O)Nc2cccc(Cl)n2)C2CC2)c2ccc(NS(=O)(=O)c3ccccc3)cc12. The molecule has 1 aliphatic carbocycles. The van der Waals surface area contributed by atoms with Gasteiger partial charge in [0.15, 0.2) is 5.69 Å². The molecule has 3 amide bonds. The summed E-state index contributed by atoms with van der Waals surface area (Å²) >= 11 is 5.87. The Hall–Kier alpha value is -4.49. The van der Waals surface area contributed by atoms with E-state index in [1.54, 1.807) is 42.5 Å². The zero-order valence-electron chi connectivity index (χ0n) is 21.0. The van der Waals surface area contributed by atoms with E-state index in [4.69, 9.17) is 17.3 Å². The number of sulfonamides is 1. The lowest BCUT2D eigenvalue weighted by Crippen LogP contribution is -2.41. The number of carbonyl (C=O) groups excluding carboxylic acids is 3. The lowest BCUT2D eigenvalue weighted by atomic mass is 10.2. The van der Waals surface area contributed by atoms with Crippen LogP contribution in [0.1, 0.15) is 23.3 Å². The molecule has 0 saturated heterocycles. The molecule has 0 bridgehead atoms. The Bertz CT molecular complexity index is 1720. The number of fused-ring (bicyclic) bond motifs is 1. The largest absolute Gasteiger partial charge is 0.364 e. The highest BCUT2D eigenvalue weighted by Gasteiger charge is 2.34. The predicted octanol–water partition coefficient (Wildman–Crippen LogP) is 2.61. The normalized spacial score (nSPS) is 13.1. The topological polar surface area (TPSA) is 169 Å². The summed E-state index contributed by atoms with van der Waals surface area (Å²) in [7, 11) is -3.88. The van der Waals surface area contributed by atoms with E-state index >= 15 is 0 Å². The summed E-state index contributed by atoms with van der Waals surface area (Å²) in [6.07, 6.45) is 1.51. The van der Waals surface area contributed by atoms with Gasteiger partial charge in [0.05, 0.1) is 10.4 Å². The van der Waals surface area contributed by atoms with E-state index < -0.39 is 21.8 Å². The molecule has 0 aliphatic heterocycles. The number of anilines is 2. The van der Waals surface area contributed by atoms with Gasteiger partial charge in [-0.2, -0.15) is 5.10 Å². The lowest BCUT2D eigenvalue weighted by Gasteiger charge is -2.22. The number of nitrogens with two attached hydrogens (primary N) is 1. The van der Waals surface area contributed by atoms with Crippen LogP contribution in [0.15, 0.2) is 71.6 Å². The molecular weight excluding hydrogens is 558 g/mol. The standard InChI is InChI=1S/C26H24ClN7O5S/c27-21-7-4-8-22(29-21)30-23(35)14-33(17-10-11-17)24(36)15-34-20-12-9-16(13-19(20)25(31-34)26(28)37)32-40(38,39)18-5-2-1-3-6-18/h1-9,12-13,17,32H,10-11,14-15H2,(H2,28,37)(H,29,30,35). The van der Waals surface area contributed by atoms with Crippen molar-refractivity contribution in [1.29, 1.82) is 0 Å². The third-order valence-corrected chi connectivity index (χ3v) is 7.79. The van der Waals surface area contributed by atoms with E-state index in [-0.39, 0.29) is 57.7 Å². The summed E-state index contributed by atoms with van der Waals surface area (Å²) in [6.45, 7) is -0.469. The fraction of sp³-hybridized carbons (Fsp3) is 0.192. The Morgan fingerprint density at radius 1 is 1.05 bits per heavy atom. The number of aromatic nitrogens is 3. The van der Waals surface area contributed by atoms with E-state index in [1.165, 1.54) is 33.8 Å². The molecule has 0 radical (unpaired) electrons. The van der Waals surface area contributed by atoms with E-state index in [1.807, 2.05) is 0 Å². The van der Waals surface area contributed by atoms with Crippen molar-refractivity contribution < 1.29 is 22.8 Å². The Labute approximate surface area is 234 Å². The maximum atomic E-state index is 13.3. The molecule has 1 aliphatic rings. The minimum atomic E-state index is -3.88. The first-order valence-electron chi connectivity index (χ1n) is 12.2. The fourth-order valence-electron chi connectivity index (χ4n) is 4.20. The maximum absolute atomic E-state index is 13.3. The molecule has 4 N–H and O–H groups in total. The number of halogens is 1. The van der Waals surface area contributed by atoms with Crippen molar-refractivity contribution in [2.75, 3.05) is 16.6 Å². The number of amides is 3. The van der Waals surface area contributed by atoms with Crippen molar-refractivity contribution in [2.45, 2.75) is 30.3 Å². The number of hydrogen-bond donors (Lipinski definition) is 3. The number of nitrogens with zero attached hydrogens (tertiary/aromatic N) is 4. The third-order valence-electron chi connectivity index (χ3n) is 6.18. The van der Waals surface area contributed by atoms with Gasteiger partial charge < -0.3 is 16.0 Å². The second-order valence-electron chi connectivity index (χ2n) is 9.17. The van der Waals surface area contributed by atoms with Crippen molar-refractivity contribution in [3.63, 3.8) is 0 Å².